The summed E-state index contributed by atoms with van der Waals surface area (Å²) >= 11 is 0. The highest BCUT2D eigenvalue weighted by Crippen LogP contribution is 2.34. The van der Waals surface area contributed by atoms with E-state index in [4.69, 9.17) is 4.74 Å². The second kappa shape index (κ2) is 6.88. The number of benzene rings is 1. The van der Waals surface area contributed by atoms with E-state index in [0.717, 1.165) is 35.5 Å². The molecule has 1 atom stereocenters. The third kappa shape index (κ3) is 3.19. The first-order valence-electron chi connectivity index (χ1n) is 7.94. The van der Waals surface area contributed by atoms with Gasteiger partial charge in [-0.15, -0.1) is 0 Å². The number of anilines is 1. The van der Waals surface area contributed by atoms with Crippen LogP contribution in [0.3, 0.4) is 0 Å². The van der Waals surface area contributed by atoms with E-state index in [1.165, 1.54) is 12.7 Å². The highest BCUT2D eigenvalue weighted by atomic mass is 16.5. The van der Waals surface area contributed by atoms with Crippen LogP contribution in [0.2, 0.25) is 0 Å². The van der Waals surface area contributed by atoms with E-state index in [0.29, 0.717) is 0 Å². The molecule has 0 aliphatic carbocycles. The molecule has 0 saturated carbocycles. The average Bonchev–Trinajstić information content (AvgIpc) is 3.00. The van der Waals surface area contributed by atoms with E-state index < -0.39 is 6.04 Å². The zero-order valence-electron chi connectivity index (χ0n) is 14.2. The summed E-state index contributed by atoms with van der Waals surface area (Å²) in [5, 5.41) is 6.42. The standard InChI is InChI=1S/C18H22N4O2/c1-19-17(18(23)24-3)13-4-5-16-15(9-13)12(6-7-20-16)8-14-10-22(2)11-21-14/h4-5,8-11,17,19-20H,6-7H2,1-3H3/b12-8+. The summed E-state index contributed by atoms with van der Waals surface area (Å²) in [6.07, 6.45) is 6.80. The van der Waals surface area contributed by atoms with E-state index in [1.54, 1.807) is 13.4 Å². The molecule has 0 radical (unpaired) electrons. The van der Waals surface area contributed by atoms with Crippen molar-refractivity contribution in [3.8, 4) is 0 Å². The number of methoxy groups -OCH3 is 1. The van der Waals surface area contributed by atoms with Gasteiger partial charge in [-0.3, -0.25) is 0 Å². The van der Waals surface area contributed by atoms with Gasteiger partial charge in [0.25, 0.3) is 0 Å². The number of ether oxygens (including phenoxy) is 1. The van der Waals surface area contributed by atoms with Gasteiger partial charge in [-0.2, -0.15) is 0 Å². The second-order valence-electron chi connectivity index (χ2n) is 5.86. The summed E-state index contributed by atoms with van der Waals surface area (Å²) in [6, 6.07) is 5.55. The Morgan fingerprint density at radius 3 is 3.00 bits per heavy atom. The number of carbonyl (C=O) groups is 1. The minimum absolute atomic E-state index is 0.295. The van der Waals surface area contributed by atoms with Gasteiger partial charge in [0.1, 0.15) is 6.04 Å². The number of imidazole rings is 1. The summed E-state index contributed by atoms with van der Waals surface area (Å²) in [7, 11) is 5.11. The zero-order valence-corrected chi connectivity index (χ0v) is 14.2. The lowest BCUT2D eigenvalue weighted by molar-refractivity contribution is -0.143. The van der Waals surface area contributed by atoms with E-state index in [9.17, 15) is 4.79 Å². The molecule has 3 rings (SSSR count). The summed E-state index contributed by atoms with van der Waals surface area (Å²) in [4.78, 5) is 16.3. The fourth-order valence-electron chi connectivity index (χ4n) is 3.00. The SMILES string of the molecule is CNC(C(=O)OC)c1ccc2c(c1)/C(=C/c1cn(C)cn1)CCN2. The monoisotopic (exact) mass is 326 g/mol. The number of aryl methyl sites for hydroxylation is 1. The Bertz CT molecular complexity index is 779. The molecule has 2 heterocycles. The van der Waals surface area contributed by atoms with Gasteiger partial charge in [0.15, 0.2) is 0 Å². The van der Waals surface area contributed by atoms with Crippen molar-refractivity contribution in [1.29, 1.82) is 0 Å². The van der Waals surface area contributed by atoms with Crippen molar-refractivity contribution in [3.63, 3.8) is 0 Å². The van der Waals surface area contributed by atoms with Crippen molar-refractivity contribution in [2.45, 2.75) is 12.5 Å². The molecule has 1 aliphatic heterocycles. The quantitative estimate of drug-likeness (QED) is 0.843. The summed E-state index contributed by atoms with van der Waals surface area (Å²) in [5.41, 5.74) is 5.21. The summed E-state index contributed by atoms with van der Waals surface area (Å²) < 4.78 is 6.81. The Hall–Kier alpha value is -2.60. The van der Waals surface area contributed by atoms with Gasteiger partial charge in [0, 0.05) is 31.0 Å². The molecule has 2 aromatic rings. The number of likely N-dealkylation sites (N-methyl/N-ethyl adjacent to an activating group) is 1. The molecule has 0 spiro atoms. The van der Waals surface area contributed by atoms with Crippen LogP contribution in [0.4, 0.5) is 5.69 Å². The first-order chi connectivity index (χ1) is 11.6. The van der Waals surface area contributed by atoms with Crippen LogP contribution < -0.4 is 10.6 Å². The number of nitrogens with zero attached hydrogens (tertiary/aromatic N) is 2. The van der Waals surface area contributed by atoms with Crippen LogP contribution >= 0.6 is 0 Å². The third-order valence-corrected chi connectivity index (χ3v) is 4.21. The maximum atomic E-state index is 12.0. The maximum Gasteiger partial charge on any atom is 0.327 e. The number of nitrogens with one attached hydrogen (secondary N) is 2. The van der Waals surface area contributed by atoms with Gasteiger partial charge in [0.2, 0.25) is 0 Å². The molecule has 0 amide bonds. The van der Waals surface area contributed by atoms with Gasteiger partial charge < -0.3 is 19.9 Å². The molecule has 2 N–H and O–H groups in total. The van der Waals surface area contributed by atoms with Crippen molar-refractivity contribution in [2.75, 3.05) is 26.0 Å². The van der Waals surface area contributed by atoms with Crippen LogP contribution in [-0.2, 0) is 16.6 Å². The minimum atomic E-state index is -0.474. The molecule has 1 aromatic heterocycles. The third-order valence-electron chi connectivity index (χ3n) is 4.21. The van der Waals surface area contributed by atoms with E-state index in [2.05, 4.69) is 21.7 Å². The number of esters is 1. The van der Waals surface area contributed by atoms with Gasteiger partial charge in [-0.25, -0.2) is 9.78 Å². The van der Waals surface area contributed by atoms with Crippen molar-refractivity contribution >= 4 is 23.3 Å². The van der Waals surface area contributed by atoms with Gasteiger partial charge in [-0.1, -0.05) is 6.07 Å². The second-order valence-corrected chi connectivity index (χ2v) is 5.86. The molecule has 6 heteroatoms. The lowest BCUT2D eigenvalue weighted by atomic mass is 9.92. The molecule has 6 nitrogen and oxygen atoms in total. The van der Waals surface area contributed by atoms with Crippen LogP contribution in [0.1, 0.15) is 29.3 Å². The number of aromatic nitrogens is 2. The van der Waals surface area contributed by atoms with Crippen LogP contribution in [0.25, 0.3) is 11.6 Å². The lowest BCUT2D eigenvalue weighted by Crippen LogP contribution is -2.26. The fraction of sp³-hybridized carbons (Fsp3) is 0.333. The smallest absolute Gasteiger partial charge is 0.327 e. The van der Waals surface area contributed by atoms with Crippen molar-refractivity contribution in [2.24, 2.45) is 7.05 Å². The Morgan fingerprint density at radius 2 is 2.33 bits per heavy atom. The minimum Gasteiger partial charge on any atom is -0.468 e. The topological polar surface area (TPSA) is 68.2 Å². The van der Waals surface area contributed by atoms with Gasteiger partial charge in [0.05, 0.1) is 19.1 Å². The predicted octanol–water partition coefficient (Wildman–Crippen LogP) is 2.21. The van der Waals surface area contributed by atoms with Crippen LogP contribution in [-0.4, -0.2) is 36.2 Å². The Labute approximate surface area is 141 Å². The first kappa shape index (κ1) is 16.3. The molecule has 0 bridgehead atoms. The van der Waals surface area contributed by atoms with E-state index in [1.807, 2.05) is 36.0 Å². The molecule has 126 valence electrons. The Morgan fingerprint density at radius 1 is 1.50 bits per heavy atom. The van der Waals surface area contributed by atoms with Crippen LogP contribution in [0.5, 0.6) is 0 Å². The largest absolute Gasteiger partial charge is 0.468 e. The number of hydrogen-bond acceptors (Lipinski definition) is 5. The predicted molar refractivity (Wildman–Crippen MR) is 94.4 cm³/mol. The molecule has 1 unspecified atom stereocenters. The zero-order chi connectivity index (χ0) is 17.1. The first-order valence-corrected chi connectivity index (χ1v) is 7.94. The van der Waals surface area contributed by atoms with Crippen LogP contribution in [0.15, 0.2) is 30.7 Å². The molecular formula is C18H22N4O2. The average molecular weight is 326 g/mol. The lowest BCUT2D eigenvalue weighted by Gasteiger charge is -2.23. The van der Waals surface area contributed by atoms with Crippen molar-refractivity contribution in [3.05, 3.63) is 47.5 Å². The fourth-order valence-corrected chi connectivity index (χ4v) is 3.00. The Balaban J connectivity index is 2.01. The normalized spacial score (nSPS) is 16.4. The van der Waals surface area contributed by atoms with Crippen molar-refractivity contribution in [1.82, 2.24) is 14.9 Å². The molecule has 1 aromatic carbocycles. The van der Waals surface area contributed by atoms with E-state index >= 15 is 0 Å². The number of hydrogen-bond donors (Lipinski definition) is 2. The molecule has 24 heavy (non-hydrogen) atoms. The maximum absolute atomic E-state index is 12.0. The molecule has 0 fully saturated rings. The van der Waals surface area contributed by atoms with E-state index in [-0.39, 0.29) is 5.97 Å². The number of fused-ring (bicyclic) bond motifs is 1. The van der Waals surface area contributed by atoms with Crippen LogP contribution in [0, 0.1) is 0 Å². The molecule has 1 aliphatic rings. The van der Waals surface area contributed by atoms with Gasteiger partial charge in [-0.05, 0) is 42.8 Å². The van der Waals surface area contributed by atoms with Gasteiger partial charge >= 0.3 is 5.97 Å². The Kier molecular flexibility index (Phi) is 4.66. The summed E-state index contributed by atoms with van der Waals surface area (Å²) in [5.74, 6) is -0.295. The molecular weight excluding hydrogens is 304 g/mol. The summed E-state index contributed by atoms with van der Waals surface area (Å²) in [6.45, 7) is 0.886. The highest BCUT2D eigenvalue weighted by molar-refractivity contribution is 5.89. The number of carbonyl (C=O) groups excluding carboxylic acids is 1. The highest BCUT2D eigenvalue weighted by Gasteiger charge is 2.22. The number of rotatable bonds is 4. The van der Waals surface area contributed by atoms with Crippen molar-refractivity contribution < 1.29 is 9.53 Å². The molecule has 0 saturated heterocycles.